The van der Waals surface area contributed by atoms with Gasteiger partial charge in [0, 0.05) is 101 Å². The summed E-state index contributed by atoms with van der Waals surface area (Å²) in [7, 11) is 0. The summed E-state index contributed by atoms with van der Waals surface area (Å²) in [6, 6.07) is 154. The van der Waals surface area contributed by atoms with Gasteiger partial charge in [-0.2, -0.15) is 0 Å². The lowest BCUT2D eigenvalue weighted by Gasteiger charge is -2.27. The monoisotopic (exact) mass is 1380 g/mol. The molecule has 0 N–H and O–H groups in total. The van der Waals surface area contributed by atoms with Crippen molar-refractivity contribution in [3.05, 3.63) is 425 Å². The van der Waals surface area contributed by atoms with Gasteiger partial charge in [-0.1, -0.05) is 231 Å². The molecule has 17 aromatic carbocycles. The van der Waals surface area contributed by atoms with E-state index in [-0.39, 0.29) is 0 Å². The predicted molar refractivity (Wildman–Crippen MR) is 455 cm³/mol. The molecule has 20 aromatic rings. The Morgan fingerprint density at radius 2 is 0.315 bits per heavy atom. The van der Waals surface area contributed by atoms with Gasteiger partial charge >= 0.3 is 0 Å². The Morgan fingerprint density at radius 3 is 0.593 bits per heavy atom. The predicted octanol–water partition coefficient (Wildman–Crippen LogP) is 28.1. The van der Waals surface area contributed by atoms with Crippen LogP contribution in [0.4, 0.5) is 51.2 Å². The molecule has 0 spiro atoms. The SMILES string of the molecule is c1ccc(N(c2ccc(-c3ccc(N(c4ccc(-c5ccc(N(c6ccccc6)c6ccc(-c7ccc8c(c7)c7ccccc7n8-c7ccccc7)cc6)cc5)cc4)c4ccc(-n5c6ccccc6c6ccccc65)cc4)cc3)cc2)c2ccc(-c3ccc4c(c3)c3ccccc3n4-c3ccccc3)cc2)cc1. The van der Waals surface area contributed by atoms with E-state index in [1.807, 2.05) is 0 Å². The Morgan fingerprint density at radius 1 is 0.130 bits per heavy atom. The number of para-hydroxylation sites is 8. The van der Waals surface area contributed by atoms with Crippen LogP contribution in [0.15, 0.2) is 425 Å². The molecule has 0 amide bonds. The average molecular weight is 1380 g/mol. The molecule has 0 aliphatic heterocycles. The Kier molecular flexibility index (Phi) is 15.8. The second-order valence-electron chi connectivity index (χ2n) is 27.7. The Bertz CT molecular complexity index is 6260. The topological polar surface area (TPSA) is 24.5 Å². The highest BCUT2D eigenvalue weighted by Crippen LogP contribution is 2.44. The van der Waals surface area contributed by atoms with Gasteiger partial charge in [-0.3, -0.25) is 0 Å². The van der Waals surface area contributed by atoms with Crippen molar-refractivity contribution < 1.29 is 0 Å². The molecule has 508 valence electrons. The first-order valence-corrected chi connectivity index (χ1v) is 37.0. The molecular weight excluding hydrogens is 1310 g/mol. The van der Waals surface area contributed by atoms with Crippen LogP contribution in [0, 0.1) is 0 Å². The smallest absolute Gasteiger partial charge is 0.0541 e. The molecule has 0 unspecified atom stereocenters. The summed E-state index contributed by atoms with van der Waals surface area (Å²) in [4.78, 5) is 7.05. The Labute approximate surface area is 627 Å². The highest BCUT2D eigenvalue weighted by Gasteiger charge is 2.21. The minimum Gasteiger partial charge on any atom is -0.311 e. The first-order chi connectivity index (χ1) is 53.6. The van der Waals surface area contributed by atoms with Crippen LogP contribution in [-0.2, 0) is 0 Å². The summed E-state index contributed by atoms with van der Waals surface area (Å²) in [6.45, 7) is 0. The van der Waals surface area contributed by atoms with E-state index >= 15 is 0 Å². The molecule has 3 aromatic heterocycles. The van der Waals surface area contributed by atoms with Crippen molar-refractivity contribution in [3.8, 4) is 61.6 Å². The van der Waals surface area contributed by atoms with E-state index < -0.39 is 0 Å². The zero-order chi connectivity index (χ0) is 71.4. The molecule has 0 saturated heterocycles. The maximum Gasteiger partial charge on any atom is 0.0541 e. The van der Waals surface area contributed by atoms with E-state index in [0.717, 1.165) is 90.5 Å². The maximum atomic E-state index is 2.38. The lowest BCUT2D eigenvalue weighted by atomic mass is 10.0. The first kappa shape index (κ1) is 63.2. The maximum absolute atomic E-state index is 2.38. The van der Waals surface area contributed by atoms with Gasteiger partial charge in [0.05, 0.1) is 33.1 Å². The molecule has 6 nitrogen and oxygen atoms in total. The van der Waals surface area contributed by atoms with Gasteiger partial charge in [0.1, 0.15) is 0 Å². The van der Waals surface area contributed by atoms with Crippen LogP contribution in [0.2, 0.25) is 0 Å². The summed E-state index contributed by atoms with van der Waals surface area (Å²) < 4.78 is 7.12. The van der Waals surface area contributed by atoms with Crippen LogP contribution in [0.25, 0.3) is 127 Å². The summed E-state index contributed by atoms with van der Waals surface area (Å²) in [6.07, 6.45) is 0. The lowest BCUT2D eigenvalue weighted by Crippen LogP contribution is -2.10. The third-order valence-corrected chi connectivity index (χ3v) is 21.4. The molecule has 0 saturated carbocycles. The van der Waals surface area contributed by atoms with Crippen LogP contribution in [0.1, 0.15) is 0 Å². The normalized spacial score (nSPS) is 11.5. The van der Waals surface area contributed by atoms with Crippen molar-refractivity contribution in [1.29, 1.82) is 0 Å². The summed E-state index contributed by atoms with van der Waals surface area (Å²) in [5, 5.41) is 7.44. The van der Waals surface area contributed by atoms with E-state index in [1.165, 1.54) is 87.7 Å². The highest BCUT2D eigenvalue weighted by atomic mass is 15.2. The second-order valence-corrected chi connectivity index (χ2v) is 27.7. The molecule has 0 aliphatic rings. The van der Waals surface area contributed by atoms with Crippen molar-refractivity contribution in [1.82, 2.24) is 13.7 Å². The third-order valence-electron chi connectivity index (χ3n) is 21.4. The van der Waals surface area contributed by atoms with Crippen molar-refractivity contribution >= 4 is 117 Å². The summed E-state index contributed by atoms with van der Waals surface area (Å²) in [5.41, 5.74) is 29.4. The van der Waals surface area contributed by atoms with E-state index in [2.05, 4.69) is 453 Å². The Balaban J connectivity index is 0.593. The van der Waals surface area contributed by atoms with E-state index in [9.17, 15) is 0 Å². The summed E-state index contributed by atoms with van der Waals surface area (Å²) >= 11 is 0. The van der Waals surface area contributed by atoms with E-state index in [4.69, 9.17) is 0 Å². The number of anilines is 9. The molecule has 6 heteroatoms. The number of hydrogen-bond donors (Lipinski definition) is 0. The van der Waals surface area contributed by atoms with Crippen LogP contribution in [-0.4, -0.2) is 13.7 Å². The average Bonchev–Trinajstić information content (AvgIpc) is 1.61. The van der Waals surface area contributed by atoms with Crippen LogP contribution in [0.5, 0.6) is 0 Å². The molecule has 0 aliphatic carbocycles. The van der Waals surface area contributed by atoms with E-state index in [0.29, 0.717) is 0 Å². The number of aromatic nitrogens is 3. The Hall–Kier alpha value is -14.5. The van der Waals surface area contributed by atoms with Crippen molar-refractivity contribution in [3.63, 3.8) is 0 Å². The van der Waals surface area contributed by atoms with Crippen LogP contribution in [0.3, 0.4) is 0 Å². The van der Waals surface area contributed by atoms with Gasteiger partial charge < -0.3 is 28.4 Å². The number of rotatable bonds is 16. The van der Waals surface area contributed by atoms with Crippen molar-refractivity contribution in [2.45, 2.75) is 0 Å². The third kappa shape index (κ3) is 11.3. The fourth-order valence-corrected chi connectivity index (χ4v) is 16.3. The zero-order valence-corrected chi connectivity index (χ0v) is 59.1. The molecule has 0 bridgehead atoms. The van der Waals surface area contributed by atoms with Gasteiger partial charge in [-0.15, -0.1) is 0 Å². The van der Waals surface area contributed by atoms with Crippen LogP contribution >= 0.6 is 0 Å². The molecule has 108 heavy (non-hydrogen) atoms. The minimum absolute atomic E-state index is 1.05. The fourth-order valence-electron chi connectivity index (χ4n) is 16.3. The molecule has 3 heterocycles. The first-order valence-electron chi connectivity index (χ1n) is 37.0. The fraction of sp³-hybridized carbons (Fsp3) is 0. The quantitative estimate of drug-likeness (QED) is 0.0964. The number of fused-ring (bicyclic) bond motifs is 9. The lowest BCUT2D eigenvalue weighted by molar-refractivity contribution is 1.17. The number of hydrogen-bond acceptors (Lipinski definition) is 3. The molecule has 20 rings (SSSR count). The standard InChI is InChI=1S/C102H70N6/c1-5-21-79(22-6-1)103(85-59-45-75(46-60-85)77-49-67-101-95(69-77)93-31-15-19-35-99(93)106(101)81-25-9-3-10-26-81)83-51-37-71(38-52-83)73-41-55-87(56-42-73)105(89-63-65-90(66-64-89)108-97-33-17-13-29-91(97)92-30-14-18-34-98(92)108)88-57-43-74(44-58-88)72-39-53-84(54-40-72)104(80-23-7-2-8-24-80)86-61-47-76(48-62-86)78-50-68-102-96(70-78)94-32-16-20-36-100(94)107(102)82-27-11-4-12-28-82/h1-70H. The zero-order valence-electron chi connectivity index (χ0n) is 59.1. The second kappa shape index (κ2) is 27.0. The molecule has 0 atom stereocenters. The summed E-state index contributed by atoms with van der Waals surface area (Å²) in [5.74, 6) is 0. The molecule has 0 fully saturated rings. The van der Waals surface area contributed by atoms with Gasteiger partial charge in [0.15, 0.2) is 0 Å². The van der Waals surface area contributed by atoms with Gasteiger partial charge in [0.25, 0.3) is 0 Å². The van der Waals surface area contributed by atoms with Crippen molar-refractivity contribution in [2.75, 3.05) is 14.7 Å². The number of nitrogens with zero attached hydrogens (tertiary/aromatic N) is 6. The van der Waals surface area contributed by atoms with Gasteiger partial charge in [0.2, 0.25) is 0 Å². The minimum atomic E-state index is 1.05. The largest absolute Gasteiger partial charge is 0.311 e. The molecular formula is C102H70N6. The molecule has 0 radical (unpaired) electrons. The van der Waals surface area contributed by atoms with Gasteiger partial charge in [-0.25, -0.2) is 0 Å². The highest BCUT2D eigenvalue weighted by molar-refractivity contribution is 6.12. The van der Waals surface area contributed by atoms with Crippen LogP contribution < -0.4 is 14.7 Å². The van der Waals surface area contributed by atoms with Gasteiger partial charge in [-0.05, 0) is 239 Å². The van der Waals surface area contributed by atoms with Crippen molar-refractivity contribution in [2.24, 2.45) is 0 Å². The number of benzene rings is 17. The van der Waals surface area contributed by atoms with E-state index in [1.54, 1.807) is 0 Å².